The minimum Gasteiger partial charge on any atom is -0.304 e. The highest BCUT2D eigenvalue weighted by Crippen LogP contribution is 2.24. The van der Waals surface area contributed by atoms with Crippen molar-refractivity contribution in [2.45, 2.75) is 46.1 Å². The molecule has 0 amide bonds. The van der Waals surface area contributed by atoms with Gasteiger partial charge in [0.2, 0.25) is 0 Å². The largest absolute Gasteiger partial charge is 0.304 e. The Morgan fingerprint density at radius 2 is 1.73 bits per heavy atom. The van der Waals surface area contributed by atoms with Gasteiger partial charge in [-0.15, -0.1) is 0 Å². The van der Waals surface area contributed by atoms with Crippen molar-refractivity contribution in [3.8, 4) is 0 Å². The predicted octanol–water partition coefficient (Wildman–Crippen LogP) is 2.76. The van der Waals surface area contributed by atoms with Crippen molar-refractivity contribution < 1.29 is 0 Å². The zero-order chi connectivity index (χ0) is 9.07. The highest BCUT2D eigenvalue weighted by Gasteiger charge is 2.24. The Kier molecular flexibility index (Phi) is 4.09. The molecule has 0 aliphatic heterocycles. The third-order valence-corrected chi connectivity index (χ3v) is 2.69. The molecule has 0 saturated carbocycles. The van der Waals surface area contributed by atoms with Gasteiger partial charge < -0.3 is 4.90 Å². The van der Waals surface area contributed by atoms with Gasteiger partial charge >= 0.3 is 0 Å². The van der Waals surface area contributed by atoms with Gasteiger partial charge in [0.25, 0.3) is 0 Å². The molecular formula is C10H23N. The summed E-state index contributed by atoms with van der Waals surface area (Å²) in [6.07, 6.45) is 2.52. The summed E-state index contributed by atoms with van der Waals surface area (Å²) in [5.41, 5.74) is 0.397. The zero-order valence-corrected chi connectivity index (χ0v) is 8.94. The van der Waals surface area contributed by atoms with Crippen LogP contribution < -0.4 is 0 Å². The molecule has 0 bridgehead atoms. The van der Waals surface area contributed by atoms with E-state index in [1.807, 2.05) is 0 Å². The van der Waals surface area contributed by atoms with E-state index in [2.05, 4.69) is 46.7 Å². The van der Waals surface area contributed by atoms with Crippen LogP contribution in [0.5, 0.6) is 0 Å². The minimum absolute atomic E-state index is 0.397. The molecule has 1 heteroatoms. The molecule has 0 fully saturated rings. The van der Waals surface area contributed by atoms with E-state index in [1.165, 1.54) is 12.8 Å². The highest BCUT2D eigenvalue weighted by atomic mass is 15.1. The molecule has 0 heterocycles. The Labute approximate surface area is 71.8 Å². The van der Waals surface area contributed by atoms with Gasteiger partial charge in [-0.3, -0.25) is 0 Å². The molecule has 0 aromatic heterocycles. The fourth-order valence-corrected chi connectivity index (χ4v) is 1.52. The van der Waals surface area contributed by atoms with Crippen molar-refractivity contribution in [2.75, 3.05) is 14.1 Å². The average molecular weight is 157 g/mol. The standard InChI is InChI=1S/C10H23N/c1-7-10(4,11(5)6)8-9(2)3/h9H,7-8H2,1-6H3/t10-/m1/s1. The molecule has 11 heavy (non-hydrogen) atoms. The van der Waals surface area contributed by atoms with Crippen LogP contribution in [-0.2, 0) is 0 Å². The first-order valence-electron chi connectivity index (χ1n) is 4.60. The second-order valence-electron chi connectivity index (χ2n) is 4.34. The van der Waals surface area contributed by atoms with Gasteiger partial charge in [-0.2, -0.15) is 0 Å². The van der Waals surface area contributed by atoms with Crippen molar-refractivity contribution in [1.82, 2.24) is 4.90 Å². The third kappa shape index (κ3) is 3.24. The van der Waals surface area contributed by atoms with Crippen LogP contribution in [-0.4, -0.2) is 24.5 Å². The summed E-state index contributed by atoms with van der Waals surface area (Å²) in [7, 11) is 4.34. The number of hydrogen-bond acceptors (Lipinski definition) is 1. The Bertz CT molecular complexity index is 107. The second kappa shape index (κ2) is 4.10. The normalized spacial score (nSPS) is 17.5. The van der Waals surface area contributed by atoms with Gasteiger partial charge in [-0.05, 0) is 39.8 Å². The van der Waals surface area contributed by atoms with Crippen LogP contribution in [0.15, 0.2) is 0 Å². The van der Waals surface area contributed by atoms with Crippen molar-refractivity contribution in [3.05, 3.63) is 0 Å². The topological polar surface area (TPSA) is 3.24 Å². The molecule has 68 valence electrons. The molecule has 0 aromatic carbocycles. The van der Waals surface area contributed by atoms with Gasteiger partial charge in [0.15, 0.2) is 0 Å². The van der Waals surface area contributed by atoms with Crippen LogP contribution in [0.25, 0.3) is 0 Å². The molecule has 0 N–H and O–H groups in total. The quantitative estimate of drug-likeness (QED) is 0.606. The molecular weight excluding hydrogens is 134 g/mol. The summed E-state index contributed by atoms with van der Waals surface area (Å²) < 4.78 is 0. The molecule has 0 saturated heterocycles. The fraction of sp³-hybridized carbons (Fsp3) is 1.00. The van der Waals surface area contributed by atoms with Crippen molar-refractivity contribution in [1.29, 1.82) is 0 Å². The summed E-state index contributed by atoms with van der Waals surface area (Å²) in [5.74, 6) is 0.794. The first-order chi connectivity index (χ1) is 4.92. The van der Waals surface area contributed by atoms with Gasteiger partial charge in [0.05, 0.1) is 0 Å². The third-order valence-electron chi connectivity index (χ3n) is 2.69. The monoisotopic (exact) mass is 157 g/mol. The lowest BCUT2D eigenvalue weighted by Gasteiger charge is -2.37. The lowest BCUT2D eigenvalue weighted by atomic mass is 9.87. The average Bonchev–Trinajstić information content (AvgIpc) is 1.86. The van der Waals surface area contributed by atoms with Gasteiger partial charge in [0, 0.05) is 5.54 Å². The Morgan fingerprint density at radius 3 is 1.82 bits per heavy atom. The summed E-state index contributed by atoms with van der Waals surface area (Å²) in [6, 6.07) is 0. The summed E-state index contributed by atoms with van der Waals surface area (Å²) in [5, 5.41) is 0. The highest BCUT2D eigenvalue weighted by molar-refractivity contribution is 4.81. The second-order valence-corrected chi connectivity index (χ2v) is 4.34. The maximum atomic E-state index is 2.34. The molecule has 0 aliphatic rings. The van der Waals surface area contributed by atoms with Crippen molar-refractivity contribution in [3.63, 3.8) is 0 Å². The van der Waals surface area contributed by atoms with E-state index >= 15 is 0 Å². The van der Waals surface area contributed by atoms with Gasteiger partial charge in [0.1, 0.15) is 0 Å². The van der Waals surface area contributed by atoms with E-state index in [1.54, 1.807) is 0 Å². The smallest absolute Gasteiger partial charge is 0.0175 e. The fourth-order valence-electron chi connectivity index (χ4n) is 1.52. The van der Waals surface area contributed by atoms with Crippen LogP contribution in [0.4, 0.5) is 0 Å². The lowest BCUT2D eigenvalue weighted by molar-refractivity contribution is 0.137. The number of hydrogen-bond donors (Lipinski definition) is 0. The SMILES string of the molecule is CC[C@](C)(CC(C)C)N(C)C. The van der Waals surface area contributed by atoms with Crippen LogP contribution in [0.2, 0.25) is 0 Å². The summed E-state index contributed by atoms with van der Waals surface area (Å²) in [4.78, 5) is 2.34. The zero-order valence-electron chi connectivity index (χ0n) is 8.94. The van der Waals surface area contributed by atoms with E-state index < -0.39 is 0 Å². The minimum atomic E-state index is 0.397. The maximum absolute atomic E-state index is 2.34. The van der Waals surface area contributed by atoms with E-state index in [4.69, 9.17) is 0 Å². The van der Waals surface area contributed by atoms with Crippen LogP contribution in [0.3, 0.4) is 0 Å². The summed E-state index contributed by atoms with van der Waals surface area (Å²) in [6.45, 7) is 9.18. The maximum Gasteiger partial charge on any atom is 0.0175 e. The molecule has 0 radical (unpaired) electrons. The van der Waals surface area contributed by atoms with Crippen LogP contribution in [0.1, 0.15) is 40.5 Å². The number of nitrogens with zero attached hydrogens (tertiary/aromatic N) is 1. The Balaban J connectivity index is 4.10. The molecule has 0 rings (SSSR count). The number of rotatable bonds is 4. The van der Waals surface area contributed by atoms with E-state index in [-0.39, 0.29) is 0 Å². The van der Waals surface area contributed by atoms with E-state index in [0.717, 1.165) is 5.92 Å². The first-order valence-corrected chi connectivity index (χ1v) is 4.60. The van der Waals surface area contributed by atoms with Crippen molar-refractivity contribution >= 4 is 0 Å². The predicted molar refractivity (Wildman–Crippen MR) is 51.8 cm³/mol. The van der Waals surface area contributed by atoms with Gasteiger partial charge in [-0.25, -0.2) is 0 Å². The summed E-state index contributed by atoms with van der Waals surface area (Å²) >= 11 is 0. The van der Waals surface area contributed by atoms with Gasteiger partial charge in [-0.1, -0.05) is 20.8 Å². The lowest BCUT2D eigenvalue weighted by Crippen LogP contribution is -2.41. The molecule has 0 aliphatic carbocycles. The molecule has 0 spiro atoms. The molecule has 1 atom stereocenters. The van der Waals surface area contributed by atoms with E-state index in [0.29, 0.717) is 5.54 Å². The molecule has 1 nitrogen and oxygen atoms in total. The molecule has 0 aromatic rings. The first kappa shape index (κ1) is 11.0. The van der Waals surface area contributed by atoms with Crippen LogP contribution in [0, 0.1) is 5.92 Å². The van der Waals surface area contributed by atoms with Crippen molar-refractivity contribution in [2.24, 2.45) is 5.92 Å². The Morgan fingerprint density at radius 1 is 1.27 bits per heavy atom. The molecule has 0 unspecified atom stereocenters. The van der Waals surface area contributed by atoms with Crippen LogP contribution >= 0.6 is 0 Å². The Hall–Kier alpha value is -0.0400. The van der Waals surface area contributed by atoms with E-state index in [9.17, 15) is 0 Å².